The lowest BCUT2D eigenvalue weighted by Crippen LogP contribution is -2.54. The quantitative estimate of drug-likeness (QED) is 0.351. The minimum atomic E-state index is -2.05. The Morgan fingerprint density at radius 3 is 2.50 bits per heavy atom. The van der Waals surface area contributed by atoms with Gasteiger partial charge in [-0.2, -0.15) is 0 Å². The Labute approximate surface area is 144 Å². The molecule has 0 radical (unpaired) electrons. The van der Waals surface area contributed by atoms with Crippen molar-refractivity contribution < 1.29 is 23.7 Å². The van der Waals surface area contributed by atoms with Crippen molar-refractivity contribution in [3.63, 3.8) is 0 Å². The molecular formula is C15H29N3O5Si. The molecule has 24 heavy (non-hydrogen) atoms. The molecule has 2 rings (SSSR count). The summed E-state index contributed by atoms with van der Waals surface area (Å²) in [7, 11) is -2.05. The number of hydrogen-bond acceptors (Lipinski definition) is 6. The average molecular weight is 359 g/mol. The Morgan fingerprint density at radius 1 is 1.33 bits per heavy atom. The Kier molecular flexibility index (Phi) is 5.11. The number of ether oxygens (including phenoxy) is 3. The normalized spacial score (nSPS) is 35.6. The second-order valence-electron chi connectivity index (χ2n) is 8.48. The summed E-state index contributed by atoms with van der Waals surface area (Å²) in [5.41, 5.74) is 7.43. The molecule has 2 fully saturated rings. The van der Waals surface area contributed by atoms with Crippen LogP contribution in [-0.2, 0) is 18.6 Å². The minimum Gasteiger partial charge on any atom is -0.414 e. The van der Waals surface area contributed by atoms with Crippen LogP contribution in [0.2, 0.25) is 18.1 Å². The molecule has 2 aliphatic heterocycles. The van der Waals surface area contributed by atoms with Gasteiger partial charge in [-0.3, -0.25) is 0 Å². The third kappa shape index (κ3) is 3.48. The third-order valence-corrected chi connectivity index (χ3v) is 9.66. The summed E-state index contributed by atoms with van der Waals surface area (Å²) in [5, 5.41) is 14.1. The first-order chi connectivity index (χ1) is 10.8. The predicted octanol–water partition coefficient (Wildman–Crippen LogP) is 2.93. The van der Waals surface area contributed by atoms with Crippen molar-refractivity contribution in [2.24, 2.45) is 5.11 Å². The van der Waals surface area contributed by atoms with Crippen molar-refractivity contribution in [2.45, 2.75) is 82.6 Å². The largest absolute Gasteiger partial charge is 0.414 e. The van der Waals surface area contributed by atoms with Gasteiger partial charge in [0, 0.05) is 4.91 Å². The van der Waals surface area contributed by atoms with Crippen LogP contribution >= 0.6 is 0 Å². The van der Waals surface area contributed by atoms with Gasteiger partial charge in [-0.1, -0.05) is 25.9 Å². The highest BCUT2D eigenvalue weighted by atomic mass is 28.4. The zero-order valence-corrected chi connectivity index (χ0v) is 16.6. The van der Waals surface area contributed by atoms with Gasteiger partial charge < -0.3 is 23.7 Å². The summed E-state index contributed by atoms with van der Waals surface area (Å²) in [6.07, 6.45) is -2.33. The molecule has 0 aromatic carbocycles. The van der Waals surface area contributed by atoms with Crippen LogP contribution in [0.3, 0.4) is 0 Å². The van der Waals surface area contributed by atoms with E-state index in [9.17, 15) is 5.11 Å². The highest BCUT2D eigenvalue weighted by molar-refractivity contribution is 6.74. The van der Waals surface area contributed by atoms with Gasteiger partial charge in [0.25, 0.3) is 0 Å². The highest BCUT2D eigenvalue weighted by Gasteiger charge is 2.66. The number of rotatable bonds is 5. The van der Waals surface area contributed by atoms with E-state index in [4.69, 9.17) is 24.2 Å². The molecule has 1 N–H and O–H groups in total. The van der Waals surface area contributed by atoms with Gasteiger partial charge in [-0.25, -0.2) is 0 Å². The Hall–Kier alpha value is -0.673. The van der Waals surface area contributed by atoms with Crippen LogP contribution in [0.25, 0.3) is 10.4 Å². The summed E-state index contributed by atoms with van der Waals surface area (Å²) in [6, 6.07) is 0. The van der Waals surface area contributed by atoms with Gasteiger partial charge in [0.05, 0.1) is 19.3 Å². The molecule has 9 heteroatoms. The molecule has 2 aliphatic rings. The van der Waals surface area contributed by atoms with E-state index in [1.54, 1.807) is 13.8 Å². The zero-order valence-electron chi connectivity index (χ0n) is 15.6. The highest BCUT2D eigenvalue weighted by Crippen LogP contribution is 2.47. The van der Waals surface area contributed by atoms with Gasteiger partial charge in [0.2, 0.25) is 0 Å². The summed E-state index contributed by atoms with van der Waals surface area (Å²) < 4.78 is 23.9. The molecular weight excluding hydrogens is 330 g/mol. The Bertz CT molecular complexity index is 530. The Morgan fingerprint density at radius 2 is 1.96 bits per heavy atom. The Balaban J connectivity index is 2.24. The van der Waals surface area contributed by atoms with E-state index in [1.807, 2.05) is 0 Å². The summed E-state index contributed by atoms with van der Waals surface area (Å²) >= 11 is 0. The molecule has 4 atom stereocenters. The molecule has 1 unspecified atom stereocenters. The van der Waals surface area contributed by atoms with E-state index in [2.05, 4.69) is 43.9 Å². The van der Waals surface area contributed by atoms with Crippen LogP contribution in [0.4, 0.5) is 0 Å². The van der Waals surface area contributed by atoms with E-state index in [-0.39, 0.29) is 18.2 Å². The van der Waals surface area contributed by atoms with Gasteiger partial charge in [-0.05, 0) is 37.5 Å². The molecule has 2 heterocycles. The van der Waals surface area contributed by atoms with Crippen LogP contribution < -0.4 is 0 Å². The first kappa shape index (κ1) is 19.6. The fraction of sp³-hybridized carbons (Fsp3) is 1.00. The maximum Gasteiger partial charge on any atom is 0.192 e. The molecule has 0 bridgehead atoms. The zero-order chi connectivity index (χ0) is 18.4. The van der Waals surface area contributed by atoms with Crippen LogP contribution in [0.1, 0.15) is 34.6 Å². The molecule has 8 nitrogen and oxygen atoms in total. The first-order valence-corrected chi connectivity index (χ1v) is 11.1. The van der Waals surface area contributed by atoms with Crippen LogP contribution in [-0.4, -0.2) is 56.5 Å². The fourth-order valence-electron chi connectivity index (χ4n) is 2.83. The number of fused-ring (bicyclic) bond motifs is 1. The van der Waals surface area contributed by atoms with Gasteiger partial charge >= 0.3 is 0 Å². The standard InChI is InChI=1S/C15H29N3O5Si/c1-13(2,3)24(6,7)20-9-15-11(22-14(4,5)23-15)10(8-17-18-16)21-12(15)19/h10-12,19H,8-9H2,1-7H3/t10-,11-,12?,15-/m1/s1. The number of azide groups is 1. The average Bonchev–Trinajstić information content (AvgIpc) is 2.84. The van der Waals surface area contributed by atoms with E-state index in [1.165, 1.54) is 0 Å². The molecule has 0 aliphatic carbocycles. The number of aliphatic hydroxyl groups excluding tert-OH is 1. The van der Waals surface area contributed by atoms with Crippen molar-refractivity contribution in [3.8, 4) is 0 Å². The second kappa shape index (κ2) is 6.24. The number of aliphatic hydroxyl groups is 1. The SMILES string of the molecule is CC1(C)O[C@@H]2[C@@H](CN=[N+]=[N-])OC(O)[C@]2(CO[Si](C)(C)C(C)(C)C)O1. The number of nitrogens with zero attached hydrogens (tertiary/aromatic N) is 3. The van der Waals surface area contributed by atoms with E-state index >= 15 is 0 Å². The lowest BCUT2D eigenvalue weighted by Gasteiger charge is -2.39. The van der Waals surface area contributed by atoms with Crippen molar-refractivity contribution in [3.05, 3.63) is 10.4 Å². The van der Waals surface area contributed by atoms with Crippen molar-refractivity contribution in [2.75, 3.05) is 13.2 Å². The molecule has 0 aromatic heterocycles. The van der Waals surface area contributed by atoms with Crippen LogP contribution in [0.5, 0.6) is 0 Å². The fourth-order valence-corrected chi connectivity index (χ4v) is 3.85. The van der Waals surface area contributed by atoms with Gasteiger partial charge in [0.1, 0.15) is 6.10 Å². The maximum absolute atomic E-state index is 10.5. The monoisotopic (exact) mass is 359 g/mol. The van der Waals surface area contributed by atoms with Crippen molar-refractivity contribution in [1.82, 2.24) is 0 Å². The topological polar surface area (TPSA) is 106 Å². The van der Waals surface area contributed by atoms with E-state index in [0.29, 0.717) is 0 Å². The lowest BCUT2D eigenvalue weighted by atomic mass is 9.96. The van der Waals surface area contributed by atoms with E-state index < -0.39 is 38.2 Å². The molecule has 0 saturated carbocycles. The molecule has 0 spiro atoms. The smallest absolute Gasteiger partial charge is 0.192 e. The van der Waals surface area contributed by atoms with E-state index in [0.717, 1.165) is 0 Å². The first-order valence-electron chi connectivity index (χ1n) is 8.21. The third-order valence-electron chi connectivity index (χ3n) is 5.18. The summed E-state index contributed by atoms with van der Waals surface area (Å²) in [6.45, 7) is 14.5. The molecule has 138 valence electrons. The lowest BCUT2D eigenvalue weighted by molar-refractivity contribution is -0.250. The van der Waals surface area contributed by atoms with Crippen LogP contribution in [0.15, 0.2) is 5.11 Å². The molecule has 2 saturated heterocycles. The van der Waals surface area contributed by atoms with Gasteiger partial charge in [-0.15, -0.1) is 0 Å². The summed E-state index contributed by atoms with van der Waals surface area (Å²) in [4.78, 5) is 2.76. The second-order valence-corrected chi connectivity index (χ2v) is 13.3. The molecule has 0 aromatic rings. The number of hydrogen-bond donors (Lipinski definition) is 1. The molecule has 0 amide bonds. The minimum absolute atomic E-state index is 0.0308. The van der Waals surface area contributed by atoms with Crippen molar-refractivity contribution in [1.29, 1.82) is 0 Å². The van der Waals surface area contributed by atoms with Gasteiger partial charge in [0.15, 0.2) is 26.0 Å². The maximum atomic E-state index is 10.5. The summed E-state index contributed by atoms with van der Waals surface area (Å²) in [5.74, 6) is -0.874. The predicted molar refractivity (Wildman–Crippen MR) is 90.8 cm³/mol. The van der Waals surface area contributed by atoms with Crippen molar-refractivity contribution >= 4 is 8.32 Å². The van der Waals surface area contributed by atoms with Crippen LogP contribution in [0, 0.1) is 0 Å².